The molecule has 1 aliphatic heterocycles. The topological polar surface area (TPSA) is 18.5 Å². The zero-order valence-corrected chi connectivity index (χ0v) is 11.6. The van der Waals surface area contributed by atoms with E-state index in [1.807, 2.05) is 0 Å². The third-order valence-corrected chi connectivity index (χ3v) is 3.38. The van der Waals surface area contributed by atoms with Crippen LogP contribution in [0.4, 0.5) is 17.6 Å². The summed E-state index contributed by atoms with van der Waals surface area (Å²) in [4.78, 5) is 0. The smallest absolute Gasteiger partial charge is 0.417 e. The van der Waals surface area contributed by atoms with Gasteiger partial charge in [-0.05, 0) is 24.6 Å². The third kappa shape index (κ3) is 2.61. The molecule has 2 nitrogen and oxygen atoms in total. The van der Waals surface area contributed by atoms with Gasteiger partial charge in [-0.15, -0.1) is 0 Å². The van der Waals surface area contributed by atoms with Crippen molar-refractivity contribution in [3.63, 3.8) is 0 Å². The second-order valence-corrected chi connectivity index (χ2v) is 5.02. The van der Waals surface area contributed by atoms with Gasteiger partial charge in [0.1, 0.15) is 19.0 Å². The number of hydrogen-bond donors (Lipinski definition) is 0. The van der Waals surface area contributed by atoms with Gasteiger partial charge in [0.15, 0.2) is 11.5 Å². The second kappa shape index (κ2) is 5.19. The van der Waals surface area contributed by atoms with Crippen molar-refractivity contribution in [1.82, 2.24) is 0 Å². The molecule has 1 aliphatic rings. The first-order valence-corrected chi connectivity index (χ1v) is 6.63. The lowest BCUT2D eigenvalue weighted by Crippen LogP contribution is -2.17. The lowest BCUT2D eigenvalue weighted by atomic mass is 9.96. The molecule has 0 radical (unpaired) electrons. The van der Waals surface area contributed by atoms with Gasteiger partial charge in [-0.1, -0.05) is 17.7 Å². The van der Waals surface area contributed by atoms with Crippen LogP contribution in [0.1, 0.15) is 11.1 Å². The molecule has 22 heavy (non-hydrogen) atoms. The molecule has 0 bridgehead atoms. The number of benzene rings is 2. The van der Waals surface area contributed by atoms with Gasteiger partial charge in [-0.25, -0.2) is 4.39 Å². The number of hydrogen-bond acceptors (Lipinski definition) is 2. The number of aryl methyl sites for hydroxylation is 1. The van der Waals surface area contributed by atoms with Gasteiger partial charge in [-0.2, -0.15) is 13.2 Å². The van der Waals surface area contributed by atoms with Crippen molar-refractivity contribution in [2.45, 2.75) is 13.1 Å². The van der Waals surface area contributed by atoms with E-state index in [-0.39, 0.29) is 35.8 Å². The fourth-order valence-electron chi connectivity index (χ4n) is 2.45. The van der Waals surface area contributed by atoms with E-state index >= 15 is 0 Å². The van der Waals surface area contributed by atoms with E-state index < -0.39 is 17.6 Å². The SMILES string of the molecule is Cc1ccc(-c2cc(F)cc3c2OCCO3)c(C(F)(F)F)c1. The second-order valence-electron chi connectivity index (χ2n) is 5.02. The molecule has 1 heterocycles. The summed E-state index contributed by atoms with van der Waals surface area (Å²) >= 11 is 0. The number of fused-ring (bicyclic) bond motifs is 1. The van der Waals surface area contributed by atoms with E-state index in [4.69, 9.17) is 9.47 Å². The van der Waals surface area contributed by atoms with Gasteiger partial charge in [0.05, 0.1) is 5.56 Å². The van der Waals surface area contributed by atoms with Crippen molar-refractivity contribution >= 4 is 0 Å². The maximum Gasteiger partial charge on any atom is 0.417 e. The van der Waals surface area contributed by atoms with Crippen molar-refractivity contribution in [2.24, 2.45) is 0 Å². The molecule has 0 N–H and O–H groups in total. The number of alkyl halides is 3. The monoisotopic (exact) mass is 312 g/mol. The summed E-state index contributed by atoms with van der Waals surface area (Å²) in [5, 5.41) is 0. The van der Waals surface area contributed by atoms with Crippen LogP contribution in [0.2, 0.25) is 0 Å². The van der Waals surface area contributed by atoms with Crippen LogP contribution >= 0.6 is 0 Å². The first-order chi connectivity index (χ1) is 10.4. The average molecular weight is 312 g/mol. The Kier molecular flexibility index (Phi) is 3.47. The van der Waals surface area contributed by atoms with E-state index in [1.54, 1.807) is 13.0 Å². The molecule has 0 spiro atoms. The molecule has 6 heteroatoms. The van der Waals surface area contributed by atoms with Gasteiger partial charge >= 0.3 is 6.18 Å². The molecule has 0 aromatic heterocycles. The maximum absolute atomic E-state index is 13.7. The Morgan fingerprint density at radius 3 is 2.41 bits per heavy atom. The highest BCUT2D eigenvalue weighted by Crippen LogP contribution is 2.45. The molecule has 0 saturated heterocycles. The summed E-state index contributed by atoms with van der Waals surface area (Å²) in [6, 6.07) is 6.06. The largest absolute Gasteiger partial charge is 0.486 e. The lowest BCUT2D eigenvalue weighted by molar-refractivity contribution is -0.137. The Bertz CT molecular complexity index is 723. The molecule has 0 aliphatic carbocycles. The molecule has 0 amide bonds. The molecule has 0 fully saturated rings. The van der Waals surface area contributed by atoms with Gasteiger partial charge in [-0.3, -0.25) is 0 Å². The summed E-state index contributed by atoms with van der Waals surface area (Å²) in [6.07, 6.45) is -4.55. The quantitative estimate of drug-likeness (QED) is 0.717. The van der Waals surface area contributed by atoms with Crippen LogP contribution in [0.25, 0.3) is 11.1 Å². The number of halogens is 4. The highest BCUT2D eigenvalue weighted by Gasteiger charge is 2.35. The van der Waals surface area contributed by atoms with Gasteiger partial charge in [0.2, 0.25) is 0 Å². The zero-order chi connectivity index (χ0) is 15.9. The summed E-state index contributed by atoms with van der Waals surface area (Å²) < 4.78 is 64.2. The summed E-state index contributed by atoms with van der Waals surface area (Å²) in [7, 11) is 0. The fourth-order valence-corrected chi connectivity index (χ4v) is 2.45. The van der Waals surface area contributed by atoms with Crippen LogP contribution in [-0.2, 0) is 6.18 Å². The average Bonchev–Trinajstić information content (AvgIpc) is 2.45. The Hall–Kier alpha value is -2.24. The lowest BCUT2D eigenvalue weighted by Gasteiger charge is -2.23. The van der Waals surface area contributed by atoms with E-state index in [9.17, 15) is 17.6 Å². The standard InChI is InChI=1S/C16H12F4O2/c1-9-2-3-11(13(6-9)16(18,19)20)12-7-10(17)8-14-15(12)22-5-4-21-14/h2-3,6-8H,4-5H2,1H3. The van der Waals surface area contributed by atoms with Crippen LogP contribution in [0.15, 0.2) is 30.3 Å². The zero-order valence-electron chi connectivity index (χ0n) is 11.6. The van der Waals surface area contributed by atoms with Crippen LogP contribution < -0.4 is 9.47 Å². The predicted molar refractivity (Wildman–Crippen MR) is 72.6 cm³/mol. The highest BCUT2D eigenvalue weighted by molar-refractivity contribution is 5.77. The Balaban J connectivity index is 2.26. The summed E-state index contributed by atoms with van der Waals surface area (Å²) in [5.41, 5.74) is -0.436. The van der Waals surface area contributed by atoms with E-state index in [0.717, 1.165) is 18.2 Å². The van der Waals surface area contributed by atoms with Crippen molar-refractivity contribution in [1.29, 1.82) is 0 Å². The van der Waals surface area contributed by atoms with E-state index in [1.165, 1.54) is 6.07 Å². The van der Waals surface area contributed by atoms with Crippen molar-refractivity contribution in [3.8, 4) is 22.6 Å². The summed E-state index contributed by atoms with van der Waals surface area (Å²) in [5.74, 6) is -0.412. The summed E-state index contributed by atoms with van der Waals surface area (Å²) in [6.45, 7) is 2.01. The molecular formula is C16H12F4O2. The first-order valence-electron chi connectivity index (χ1n) is 6.63. The fraction of sp³-hybridized carbons (Fsp3) is 0.250. The molecule has 0 unspecified atom stereocenters. The van der Waals surface area contributed by atoms with Gasteiger partial charge < -0.3 is 9.47 Å². The van der Waals surface area contributed by atoms with E-state index in [2.05, 4.69) is 0 Å². The third-order valence-electron chi connectivity index (χ3n) is 3.38. The molecule has 2 aromatic rings. The molecule has 2 aromatic carbocycles. The molecule has 3 rings (SSSR count). The van der Waals surface area contributed by atoms with Crippen LogP contribution in [0, 0.1) is 12.7 Å². The van der Waals surface area contributed by atoms with Crippen LogP contribution in [0.3, 0.4) is 0 Å². The number of rotatable bonds is 1. The minimum Gasteiger partial charge on any atom is -0.486 e. The molecule has 0 atom stereocenters. The minimum absolute atomic E-state index is 0.0435. The highest BCUT2D eigenvalue weighted by atomic mass is 19.4. The van der Waals surface area contributed by atoms with Gasteiger partial charge in [0.25, 0.3) is 0 Å². The van der Waals surface area contributed by atoms with Crippen molar-refractivity contribution in [3.05, 3.63) is 47.3 Å². The Labute approximate surface area is 124 Å². The molecule has 116 valence electrons. The van der Waals surface area contributed by atoms with Crippen molar-refractivity contribution < 1.29 is 27.0 Å². The molecule has 0 saturated carbocycles. The maximum atomic E-state index is 13.7. The normalized spacial score (nSPS) is 14.0. The Morgan fingerprint density at radius 1 is 0.955 bits per heavy atom. The van der Waals surface area contributed by atoms with Crippen molar-refractivity contribution in [2.75, 3.05) is 13.2 Å². The first kappa shape index (κ1) is 14.7. The predicted octanol–water partition coefficient (Wildman–Crippen LogP) is 4.59. The van der Waals surface area contributed by atoms with Gasteiger partial charge in [0, 0.05) is 11.6 Å². The number of ether oxygens (including phenoxy) is 2. The molecular weight excluding hydrogens is 300 g/mol. The van der Waals surface area contributed by atoms with Crippen LogP contribution in [0.5, 0.6) is 11.5 Å². The van der Waals surface area contributed by atoms with E-state index in [0.29, 0.717) is 5.56 Å². The Morgan fingerprint density at radius 2 is 1.68 bits per heavy atom. The minimum atomic E-state index is -4.55. The van der Waals surface area contributed by atoms with Crippen LogP contribution in [-0.4, -0.2) is 13.2 Å².